The fourth-order valence-electron chi connectivity index (χ4n) is 7.39. The lowest BCUT2D eigenvalue weighted by atomic mass is 9.87. The van der Waals surface area contributed by atoms with Crippen molar-refractivity contribution in [3.63, 3.8) is 0 Å². The maximum atomic E-state index is 13.1. The molecule has 2 atom stereocenters. The molecule has 0 radical (unpaired) electrons. The molecule has 0 saturated carbocycles. The molecule has 8 rings (SSSR count). The van der Waals surface area contributed by atoms with Crippen molar-refractivity contribution in [3.8, 4) is 0 Å². The smallest absolute Gasteiger partial charge is 0.274 e. The van der Waals surface area contributed by atoms with Crippen molar-refractivity contribution >= 4 is 46.0 Å². The highest BCUT2D eigenvalue weighted by Crippen LogP contribution is 2.29. The van der Waals surface area contributed by atoms with Crippen LogP contribution in [0.3, 0.4) is 0 Å². The minimum atomic E-state index is -0.345. The molecule has 3 aromatic heterocycles. The average Bonchev–Trinajstić information content (AvgIpc) is 3.75. The van der Waals surface area contributed by atoms with Crippen LogP contribution in [0.1, 0.15) is 69.4 Å². The molecule has 13 nitrogen and oxygen atoms in total. The van der Waals surface area contributed by atoms with Gasteiger partial charge in [-0.2, -0.15) is 5.10 Å². The number of hydrogen-bond acceptors (Lipinski definition) is 8. The highest BCUT2D eigenvalue weighted by atomic mass is 16.2. The second-order valence-electron chi connectivity index (χ2n) is 13.6. The lowest BCUT2D eigenvalue weighted by molar-refractivity contribution is -0.134. The Bertz CT molecular complexity index is 2150. The Kier molecular flexibility index (Phi) is 8.56. The minimum absolute atomic E-state index is 0.0345. The molecule has 51 heavy (non-hydrogen) atoms. The summed E-state index contributed by atoms with van der Waals surface area (Å²) in [5.41, 5.74) is 6.42. The lowest BCUT2D eigenvalue weighted by Gasteiger charge is -2.36. The Morgan fingerprint density at radius 2 is 1.76 bits per heavy atom. The summed E-state index contributed by atoms with van der Waals surface area (Å²) < 4.78 is 3.68. The van der Waals surface area contributed by atoms with Crippen molar-refractivity contribution in [1.29, 1.82) is 0 Å². The molecule has 3 aliphatic heterocycles. The Labute approximate surface area is 294 Å². The molecule has 1 unspecified atom stereocenters. The largest absolute Gasteiger partial charge is 0.369 e. The molecule has 13 heteroatoms. The zero-order valence-electron chi connectivity index (χ0n) is 28.3. The normalized spacial score (nSPS) is 19.5. The number of carbonyl (C=O) groups is 4. The summed E-state index contributed by atoms with van der Waals surface area (Å²) >= 11 is 0. The summed E-state index contributed by atoms with van der Waals surface area (Å²) in [6, 6.07) is 21.9. The van der Waals surface area contributed by atoms with E-state index in [-0.39, 0.29) is 41.3 Å². The van der Waals surface area contributed by atoms with Gasteiger partial charge in [0, 0.05) is 63.0 Å². The van der Waals surface area contributed by atoms with Gasteiger partial charge in [-0.25, -0.2) is 4.98 Å². The number of aromatic nitrogens is 4. The number of benzene rings is 2. The van der Waals surface area contributed by atoms with E-state index in [1.165, 1.54) is 5.69 Å². The third kappa shape index (κ3) is 6.59. The molecule has 4 amide bonds. The molecule has 260 valence electrons. The summed E-state index contributed by atoms with van der Waals surface area (Å²) in [5, 5.41) is 13.5. The van der Waals surface area contributed by atoms with E-state index >= 15 is 0 Å². The topological polar surface area (TPSA) is 146 Å². The Balaban J connectivity index is 0.850. The number of fused-ring (bicyclic) bond motifs is 3. The molecule has 0 aliphatic carbocycles. The number of anilines is 2. The SMILES string of the molecule is C[C@@H]1CNC(=O)c2cc3ccc(C(=O)Nc4cnn(Cc5ccc(N6CCN(Cc7ccccc7C7CCC(=O)NC7=O)CC6)cc5)c4)nc3n21. The first-order valence-electron chi connectivity index (χ1n) is 17.4. The third-order valence-corrected chi connectivity index (χ3v) is 10.1. The second-order valence-corrected chi connectivity index (χ2v) is 13.6. The van der Waals surface area contributed by atoms with Gasteiger partial charge >= 0.3 is 0 Å². The minimum Gasteiger partial charge on any atom is -0.369 e. The van der Waals surface area contributed by atoms with E-state index in [9.17, 15) is 19.2 Å². The van der Waals surface area contributed by atoms with Crippen molar-refractivity contribution in [3.05, 3.63) is 107 Å². The summed E-state index contributed by atoms with van der Waals surface area (Å²) in [4.78, 5) is 59.1. The number of nitrogens with zero attached hydrogens (tertiary/aromatic N) is 6. The predicted octanol–water partition coefficient (Wildman–Crippen LogP) is 3.68. The van der Waals surface area contributed by atoms with Gasteiger partial charge in [0.25, 0.3) is 11.8 Å². The zero-order valence-corrected chi connectivity index (χ0v) is 28.3. The Morgan fingerprint density at radius 1 is 0.961 bits per heavy atom. The van der Waals surface area contributed by atoms with Crippen LogP contribution in [0, 0.1) is 0 Å². The highest BCUT2D eigenvalue weighted by molar-refractivity contribution is 6.05. The van der Waals surface area contributed by atoms with Crippen LogP contribution in [0.25, 0.3) is 11.0 Å². The van der Waals surface area contributed by atoms with Crippen LogP contribution in [-0.2, 0) is 22.7 Å². The predicted molar refractivity (Wildman–Crippen MR) is 192 cm³/mol. The standard InChI is InChI=1S/C38H39N9O4/c1-24-19-39-38(51)33-18-26-8-12-32(42-35(26)47(24)33)37(50)41-28-20-40-46(23-28)21-25-6-9-29(10-7-25)45-16-14-44(15-17-45)22-27-4-2-3-5-30(27)31-11-13-34(48)43-36(31)49/h2-10,12,18,20,23-24,31H,11,13-17,19,21-22H2,1H3,(H,39,51)(H,41,50)(H,43,48,49)/t24-,31?/m1/s1. The van der Waals surface area contributed by atoms with E-state index in [4.69, 9.17) is 0 Å². The van der Waals surface area contributed by atoms with E-state index in [1.807, 2.05) is 41.8 Å². The molecule has 5 aromatic rings. The number of pyridine rings is 1. The second kappa shape index (κ2) is 13.5. The maximum absolute atomic E-state index is 13.1. The van der Waals surface area contributed by atoms with Gasteiger partial charge in [0.1, 0.15) is 17.0 Å². The van der Waals surface area contributed by atoms with Gasteiger partial charge in [0.05, 0.1) is 30.4 Å². The molecule has 2 aromatic carbocycles. The number of piperazine rings is 1. The fourth-order valence-corrected chi connectivity index (χ4v) is 7.39. The number of hydrogen-bond donors (Lipinski definition) is 3. The van der Waals surface area contributed by atoms with Crippen LogP contribution in [0.2, 0.25) is 0 Å². The van der Waals surface area contributed by atoms with Crippen LogP contribution in [0.4, 0.5) is 11.4 Å². The van der Waals surface area contributed by atoms with Crippen LogP contribution >= 0.6 is 0 Å². The monoisotopic (exact) mass is 685 g/mol. The molecule has 2 saturated heterocycles. The molecular weight excluding hydrogens is 646 g/mol. The summed E-state index contributed by atoms with van der Waals surface area (Å²) in [5.74, 6) is -1.15. The third-order valence-electron chi connectivity index (χ3n) is 10.1. The fraction of sp³-hybridized carbons (Fsp3) is 0.316. The number of carbonyl (C=O) groups excluding carboxylic acids is 4. The number of imide groups is 1. The van der Waals surface area contributed by atoms with Gasteiger partial charge in [0.2, 0.25) is 11.8 Å². The quantitative estimate of drug-likeness (QED) is 0.210. The first kappa shape index (κ1) is 32.4. The van der Waals surface area contributed by atoms with Gasteiger partial charge in [-0.05, 0) is 60.4 Å². The van der Waals surface area contributed by atoms with Crippen molar-refractivity contribution < 1.29 is 19.2 Å². The van der Waals surface area contributed by atoms with Crippen LogP contribution < -0.4 is 20.9 Å². The first-order chi connectivity index (χ1) is 24.8. The Hall–Kier alpha value is -5.82. The van der Waals surface area contributed by atoms with E-state index in [1.54, 1.807) is 23.1 Å². The van der Waals surface area contributed by atoms with Gasteiger partial charge in [0.15, 0.2) is 0 Å². The molecule has 0 bridgehead atoms. The molecule has 3 N–H and O–H groups in total. The van der Waals surface area contributed by atoms with Crippen LogP contribution in [0.5, 0.6) is 0 Å². The number of rotatable bonds is 8. The Morgan fingerprint density at radius 3 is 2.57 bits per heavy atom. The number of amides is 4. The molecular formula is C38H39N9O4. The van der Waals surface area contributed by atoms with Crippen LogP contribution in [0.15, 0.2) is 79.1 Å². The van der Waals surface area contributed by atoms with Crippen molar-refractivity contribution in [1.82, 2.24) is 34.9 Å². The summed E-state index contributed by atoms with van der Waals surface area (Å²) in [6.45, 7) is 7.44. The van der Waals surface area contributed by atoms with Crippen molar-refractivity contribution in [2.75, 3.05) is 42.9 Å². The van der Waals surface area contributed by atoms with E-state index in [2.05, 4.69) is 66.2 Å². The molecule has 3 aliphatic rings. The van der Waals surface area contributed by atoms with Gasteiger partial charge in [-0.1, -0.05) is 36.4 Å². The summed E-state index contributed by atoms with van der Waals surface area (Å²) in [7, 11) is 0. The van der Waals surface area contributed by atoms with Gasteiger partial charge in [-0.3, -0.25) is 34.1 Å². The van der Waals surface area contributed by atoms with E-state index in [0.29, 0.717) is 43.0 Å². The lowest BCUT2D eigenvalue weighted by Crippen LogP contribution is -2.46. The average molecular weight is 686 g/mol. The van der Waals surface area contributed by atoms with Crippen LogP contribution in [-0.4, -0.2) is 80.6 Å². The van der Waals surface area contributed by atoms with E-state index < -0.39 is 0 Å². The highest BCUT2D eigenvalue weighted by Gasteiger charge is 2.30. The van der Waals surface area contributed by atoms with E-state index in [0.717, 1.165) is 54.8 Å². The first-order valence-corrected chi connectivity index (χ1v) is 17.4. The number of nitrogens with one attached hydrogen (secondary N) is 3. The van der Waals surface area contributed by atoms with Crippen molar-refractivity contribution in [2.45, 2.75) is 44.8 Å². The van der Waals surface area contributed by atoms with Gasteiger partial charge in [-0.15, -0.1) is 0 Å². The maximum Gasteiger partial charge on any atom is 0.274 e. The zero-order chi connectivity index (χ0) is 35.1. The number of piperidine rings is 1. The van der Waals surface area contributed by atoms with Crippen molar-refractivity contribution in [2.24, 2.45) is 0 Å². The molecule has 0 spiro atoms. The summed E-state index contributed by atoms with van der Waals surface area (Å²) in [6.07, 6.45) is 4.35. The molecule has 6 heterocycles. The van der Waals surface area contributed by atoms with Gasteiger partial charge < -0.3 is 20.1 Å². The molecule has 2 fully saturated rings.